The van der Waals surface area contributed by atoms with Gasteiger partial charge in [-0.25, -0.2) is 0 Å². The van der Waals surface area contributed by atoms with Gasteiger partial charge in [0.15, 0.2) is 6.10 Å². The zero-order valence-corrected chi connectivity index (χ0v) is 48.8. The van der Waals surface area contributed by atoms with Gasteiger partial charge in [0.05, 0.1) is 0 Å². The zero-order chi connectivity index (χ0) is 54.3. The van der Waals surface area contributed by atoms with Crippen LogP contribution in [0.4, 0.5) is 0 Å². The van der Waals surface area contributed by atoms with E-state index in [9.17, 15) is 14.4 Å². The van der Waals surface area contributed by atoms with E-state index in [-0.39, 0.29) is 31.1 Å². The molecule has 0 bridgehead atoms. The maximum Gasteiger partial charge on any atom is 0.306 e. The number of hydrogen-bond donors (Lipinski definition) is 0. The van der Waals surface area contributed by atoms with Crippen LogP contribution in [-0.2, 0) is 28.6 Å². The summed E-state index contributed by atoms with van der Waals surface area (Å²) in [7, 11) is 0. The summed E-state index contributed by atoms with van der Waals surface area (Å²) in [6.07, 6.45) is 86.2. The van der Waals surface area contributed by atoms with E-state index in [4.69, 9.17) is 14.2 Å². The molecule has 75 heavy (non-hydrogen) atoms. The number of carbonyl (C=O) groups is 3. The Bertz CT molecular complexity index is 1570. The highest BCUT2D eigenvalue weighted by Gasteiger charge is 2.19. The lowest BCUT2D eigenvalue weighted by molar-refractivity contribution is -0.167. The largest absolute Gasteiger partial charge is 0.462 e. The van der Waals surface area contributed by atoms with Crippen LogP contribution in [0.15, 0.2) is 122 Å². The lowest BCUT2D eigenvalue weighted by atomic mass is 10.1. The van der Waals surface area contributed by atoms with Gasteiger partial charge < -0.3 is 14.2 Å². The molecule has 6 heteroatoms. The van der Waals surface area contributed by atoms with Crippen molar-refractivity contribution in [1.82, 2.24) is 0 Å². The fraction of sp³-hybridized carbons (Fsp3) is 0.667. The van der Waals surface area contributed by atoms with Gasteiger partial charge in [-0.2, -0.15) is 0 Å². The third-order valence-electron chi connectivity index (χ3n) is 12.9. The van der Waals surface area contributed by atoms with Crippen molar-refractivity contribution in [3.63, 3.8) is 0 Å². The first kappa shape index (κ1) is 70.8. The highest BCUT2D eigenvalue weighted by atomic mass is 16.6. The van der Waals surface area contributed by atoms with Crippen molar-refractivity contribution in [2.45, 2.75) is 284 Å². The third kappa shape index (κ3) is 60.6. The van der Waals surface area contributed by atoms with E-state index in [1.807, 2.05) is 0 Å². The van der Waals surface area contributed by atoms with Crippen molar-refractivity contribution in [3.05, 3.63) is 122 Å². The van der Waals surface area contributed by atoms with E-state index in [1.165, 1.54) is 96.3 Å². The standard InChI is InChI=1S/C69H114O6/c1-4-7-10-13-16-19-22-25-28-30-32-33-34-35-37-38-41-44-47-50-53-56-59-62-68(71)74-65-66(64-73-67(70)61-58-55-52-49-46-43-40-27-24-21-18-15-12-9-6-3)75-69(72)63-60-57-54-51-48-45-42-39-36-31-29-26-23-20-17-14-11-8-5-2/h7-8,10-11,16-17,19-20,25-29,32-33,35-37,39-40,66H,4-6,9,12-15,18,21-24,30-31,34,38,41-65H2,1-3H3/b10-7-,11-8-,19-16-,20-17-,28-25-,29-26-,33-32-,37-35-,39-36-,40-27-. The molecule has 1 unspecified atom stereocenters. The van der Waals surface area contributed by atoms with Gasteiger partial charge in [-0.3, -0.25) is 14.4 Å². The number of hydrogen-bond acceptors (Lipinski definition) is 6. The molecule has 0 radical (unpaired) electrons. The second-order valence-electron chi connectivity index (χ2n) is 20.2. The Morgan fingerprint density at radius 2 is 0.520 bits per heavy atom. The molecule has 0 spiro atoms. The molecular weight excluding hydrogens is 925 g/mol. The minimum atomic E-state index is -0.799. The summed E-state index contributed by atoms with van der Waals surface area (Å²) in [5.74, 6) is -0.924. The SMILES string of the molecule is CC/C=C\C/C=C\C/C=C\C/C=C\C/C=C\CCCCCCCCCC(=O)OCC(COC(=O)CCCCCCC/C=C\CCCCCCCC)OC(=O)CCCCCCCC/C=C\C/C=C\C/C=C\C/C=C\CC. The molecule has 0 aromatic heterocycles. The summed E-state index contributed by atoms with van der Waals surface area (Å²) in [6.45, 7) is 6.39. The van der Waals surface area contributed by atoms with Crippen LogP contribution in [-0.4, -0.2) is 37.2 Å². The van der Waals surface area contributed by atoms with E-state index >= 15 is 0 Å². The van der Waals surface area contributed by atoms with Crippen molar-refractivity contribution in [3.8, 4) is 0 Å². The zero-order valence-electron chi connectivity index (χ0n) is 48.8. The van der Waals surface area contributed by atoms with Gasteiger partial charge in [0, 0.05) is 19.3 Å². The first-order chi connectivity index (χ1) is 37.0. The quantitative estimate of drug-likeness (QED) is 0.0261. The van der Waals surface area contributed by atoms with Crippen LogP contribution >= 0.6 is 0 Å². The van der Waals surface area contributed by atoms with Crippen molar-refractivity contribution in [2.75, 3.05) is 13.2 Å². The Labute approximate surface area is 462 Å². The minimum absolute atomic E-state index is 0.0940. The predicted octanol–water partition coefficient (Wildman–Crippen LogP) is 21.2. The number of carbonyl (C=O) groups excluding carboxylic acids is 3. The minimum Gasteiger partial charge on any atom is -0.462 e. The van der Waals surface area contributed by atoms with E-state index in [0.717, 1.165) is 141 Å². The molecule has 1 atom stereocenters. The summed E-state index contributed by atoms with van der Waals surface area (Å²) >= 11 is 0. The molecule has 0 heterocycles. The number of ether oxygens (including phenoxy) is 3. The average molecular weight is 1040 g/mol. The molecule has 0 aromatic rings. The molecule has 6 nitrogen and oxygen atoms in total. The molecule has 0 aliphatic heterocycles. The molecule has 0 N–H and O–H groups in total. The Kier molecular flexibility index (Phi) is 58.9. The van der Waals surface area contributed by atoms with Crippen molar-refractivity contribution >= 4 is 17.9 Å². The average Bonchev–Trinajstić information content (AvgIpc) is 3.41. The molecule has 0 saturated carbocycles. The van der Waals surface area contributed by atoms with Gasteiger partial charge in [0.2, 0.25) is 0 Å². The molecule has 0 fully saturated rings. The summed E-state index contributed by atoms with van der Waals surface area (Å²) in [5.41, 5.74) is 0. The lowest BCUT2D eigenvalue weighted by Crippen LogP contribution is -2.30. The van der Waals surface area contributed by atoms with Gasteiger partial charge in [-0.05, 0) is 128 Å². The highest BCUT2D eigenvalue weighted by Crippen LogP contribution is 2.15. The Hall–Kier alpha value is -4.19. The molecule has 0 aromatic carbocycles. The molecular formula is C69H114O6. The van der Waals surface area contributed by atoms with Gasteiger partial charge in [-0.1, -0.05) is 251 Å². The second-order valence-corrected chi connectivity index (χ2v) is 20.2. The molecule has 0 aliphatic carbocycles. The van der Waals surface area contributed by atoms with Crippen molar-refractivity contribution < 1.29 is 28.6 Å². The van der Waals surface area contributed by atoms with Crippen LogP contribution in [0.5, 0.6) is 0 Å². The first-order valence-corrected chi connectivity index (χ1v) is 31.0. The second kappa shape index (κ2) is 62.4. The normalized spacial score (nSPS) is 12.9. The van der Waals surface area contributed by atoms with Crippen LogP contribution in [0.1, 0.15) is 278 Å². The van der Waals surface area contributed by atoms with E-state index < -0.39 is 6.10 Å². The van der Waals surface area contributed by atoms with Gasteiger partial charge in [0.25, 0.3) is 0 Å². The smallest absolute Gasteiger partial charge is 0.306 e. The van der Waals surface area contributed by atoms with E-state index in [2.05, 4.69) is 142 Å². The first-order valence-electron chi connectivity index (χ1n) is 31.0. The molecule has 0 aliphatic rings. The summed E-state index contributed by atoms with van der Waals surface area (Å²) in [6, 6.07) is 0. The Morgan fingerprint density at radius 3 is 0.827 bits per heavy atom. The Morgan fingerprint density at radius 1 is 0.280 bits per heavy atom. The maximum atomic E-state index is 12.9. The highest BCUT2D eigenvalue weighted by molar-refractivity contribution is 5.71. The number of allylic oxidation sites excluding steroid dienone is 20. The van der Waals surface area contributed by atoms with Crippen LogP contribution in [0.25, 0.3) is 0 Å². The lowest BCUT2D eigenvalue weighted by Gasteiger charge is -2.18. The van der Waals surface area contributed by atoms with Crippen LogP contribution < -0.4 is 0 Å². The molecule has 0 rings (SSSR count). The van der Waals surface area contributed by atoms with Gasteiger partial charge >= 0.3 is 17.9 Å². The Balaban J connectivity index is 4.44. The van der Waals surface area contributed by atoms with E-state index in [0.29, 0.717) is 19.3 Å². The third-order valence-corrected chi connectivity index (χ3v) is 12.9. The number of esters is 3. The van der Waals surface area contributed by atoms with E-state index in [1.54, 1.807) is 0 Å². The maximum absolute atomic E-state index is 12.9. The topological polar surface area (TPSA) is 78.9 Å². The van der Waals surface area contributed by atoms with Crippen LogP contribution in [0.3, 0.4) is 0 Å². The predicted molar refractivity (Wildman–Crippen MR) is 325 cm³/mol. The van der Waals surface area contributed by atoms with Crippen molar-refractivity contribution in [2.24, 2.45) is 0 Å². The summed E-state index contributed by atoms with van der Waals surface area (Å²) in [5, 5.41) is 0. The van der Waals surface area contributed by atoms with Crippen LogP contribution in [0.2, 0.25) is 0 Å². The molecule has 0 amide bonds. The fourth-order valence-electron chi connectivity index (χ4n) is 8.34. The van der Waals surface area contributed by atoms with Crippen LogP contribution in [0, 0.1) is 0 Å². The van der Waals surface area contributed by atoms with Gasteiger partial charge in [-0.15, -0.1) is 0 Å². The summed E-state index contributed by atoms with van der Waals surface area (Å²) < 4.78 is 16.9. The number of rotatable bonds is 55. The van der Waals surface area contributed by atoms with Gasteiger partial charge in [0.1, 0.15) is 13.2 Å². The molecule has 0 saturated heterocycles. The monoisotopic (exact) mass is 1040 g/mol. The summed E-state index contributed by atoms with van der Waals surface area (Å²) in [4.78, 5) is 38.3. The van der Waals surface area contributed by atoms with Crippen molar-refractivity contribution in [1.29, 1.82) is 0 Å². The molecule has 426 valence electrons. The number of unbranched alkanes of at least 4 members (excludes halogenated alkanes) is 24. The fourth-order valence-corrected chi connectivity index (χ4v) is 8.34.